The van der Waals surface area contributed by atoms with Gasteiger partial charge in [0.1, 0.15) is 5.58 Å². The lowest BCUT2D eigenvalue weighted by molar-refractivity contribution is 0.101. The lowest BCUT2D eigenvalue weighted by Gasteiger charge is -1.94. The summed E-state index contributed by atoms with van der Waals surface area (Å²) in [4.78, 5) is 12.9. The largest absolute Gasteiger partial charge is 0.453 e. The minimum atomic E-state index is -0.156. The maximum atomic E-state index is 12.4. The number of carbonyl (C=O) groups is 1. The fraction of sp³-hybridized carbons (Fsp3) is 0.133. The normalized spacial score (nSPS) is 11.1. The van der Waals surface area contributed by atoms with Gasteiger partial charge in [-0.05, 0) is 43.0 Å². The lowest BCUT2D eigenvalue weighted by atomic mass is 10.1. The van der Waals surface area contributed by atoms with Crippen LogP contribution < -0.4 is 0 Å². The van der Waals surface area contributed by atoms with Gasteiger partial charge < -0.3 is 4.42 Å². The van der Waals surface area contributed by atoms with E-state index >= 15 is 0 Å². The predicted octanol–water partition coefficient (Wildman–Crippen LogP) is 5.00. The molecule has 0 aliphatic carbocycles. The molecule has 2 heterocycles. The van der Waals surface area contributed by atoms with Crippen molar-refractivity contribution in [3.8, 4) is 0 Å². The summed E-state index contributed by atoms with van der Waals surface area (Å²) in [6.07, 6.45) is 0. The Hall–Kier alpha value is -1.58. The van der Waals surface area contributed by atoms with Crippen molar-refractivity contribution in [2.24, 2.45) is 0 Å². The molecule has 0 unspecified atom stereocenters. The van der Waals surface area contributed by atoms with Crippen LogP contribution in [0, 0.1) is 13.8 Å². The van der Waals surface area contributed by atoms with Gasteiger partial charge in [-0.25, -0.2) is 0 Å². The average Bonchev–Trinajstić information content (AvgIpc) is 2.93. The maximum absolute atomic E-state index is 12.4. The molecule has 0 saturated heterocycles. The molecule has 0 saturated carbocycles. The zero-order chi connectivity index (χ0) is 13.6. The highest BCUT2D eigenvalue weighted by Crippen LogP contribution is 2.31. The zero-order valence-electron chi connectivity index (χ0n) is 10.5. The molecule has 96 valence electrons. The molecule has 1 aromatic carbocycles. The van der Waals surface area contributed by atoms with Crippen molar-refractivity contribution in [3.05, 3.63) is 56.4 Å². The summed E-state index contributed by atoms with van der Waals surface area (Å²) in [5.41, 5.74) is 2.78. The van der Waals surface area contributed by atoms with Crippen LogP contribution in [0.5, 0.6) is 0 Å². The Bertz CT molecular complexity index is 783. The molecule has 3 rings (SSSR count). The molecule has 0 atom stereocenters. The van der Waals surface area contributed by atoms with Crippen LogP contribution >= 0.6 is 22.9 Å². The number of halogens is 1. The first kappa shape index (κ1) is 12.5. The van der Waals surface area contributed by atoms with Gasteiger partial charge >= 0.3 is 0 Å². The van der Waals surface area contributed by atoms with Crippen molar-refractivity contribution in [2.45, 2.75) is 13.8 Å². The van der Waals surface area contributed by atoms with E-state index in [9.17, 15) is 4.79 Å². The van der Waals surface area contributed by atoms with Gasteiger partial charge in [0.05, 0.1) is 9.90 Å². The van der Waals surface area contributed by atoms with E-state index in [2.05, 4.69) is 0 Å². The second kappa shape index (κ2) is 4.51. The van der Waals surface area contributed by atoms with Crippen LogP contribution in [-0.2, 0) is 0 Å². The number of hydrogen-bond acceptors (Lipinski definition) is 3. The Morgan fingerprint density at radius 3 is 2.74 bits per heavy atom. The number of hydrogen-bond donors (Lipinski definition) is 0. The number of fused-ring (bicyclic) bond motifs is 1. The van der Waals surface area contributed by atoms with Crippen molar-refractivity contribution in [3.63, 3.8) is 0 Å². The highest BCUT2D eigenvalue weighted by atomic mass is 35.5. The van der Waals surface area contributed by atoms with E-state index in [4.69, 9.17) is 16.0 Å². The van der Waals surface area contributed by atoms with Gasteiger partial charge in [-0.3, -0.25) is 4.79 Å². The van der Waals surface area contributed by atoms with Crippen molar-refractivity contribution >= 4 is 39.7 Å². The number of benzene rings is 1. The highest BCUT2D eigenvalue weighted by molar-refractivity contribution is 7.13. The monoisotopic (exact) mass is 290 g/mol. The summed E-state index contributed by atoms with van der Waals surface area (Å²) in [5, 5.41) is 3.34. The Morgan fingerprint density at radius 1 is 1.26 bits per heavy atom. The fourth-order valence-corrected chi connectivity index (χ4v) is 3.19. The minimum Gasteiger partial charge on any atom is -0.453 e. The van der Waals surface area contributed by atoms with Gasteiger partial charge in [0.25, 0.3) is 0 Å². The molecule has 0 N–H and O–H groups in total. The first-order valence-electron chi connectivity index (χ1n) is 5.85. The molecule has 0 fully saturated rings. The molecule has 0 radical (unpaired) electrons. The van der Waals surface area contributed by atoms with E-state index in [-0.39, 0.29) is 5.78 Å². The maximum Gasteiger partial charge on any atom is 0.239 e. The Kier molecular flexibility index (Phi) is 2.96. The van der Waals surface area contributed by atoms with E-state index < -0.39 is 0 Å². The van der Waals surface area contributed by atoms with E-state index in [0.29, 0.717) is 15.7 Å². The average molecular weight is 291 g/mol. The Labute approximate surface area is 119 Å². The van der Waals surface area contributed by atoms with Gasteiger partial charge in [0.2, 0.25) is 5.78 Å². The molecule has 2 aromatic heterocycles. The zero-order valence-corrected chi connectivity index (χ0v) is 12.1. The summed E-state index contributed by atoms with van der Waals surface area (Å²) in [7, 11) is 0. The van der Waals surface area contributed by atoms with Crippen LogP contribution in [0.4, 0.5) is 0 Å². The van der Waals surface area contributed by atoms with Crippen molar-refractivity contribution in [2.75, 3.05) is 0 Å². The minimum absolute atomic E-state index is 0.156. The molecule has 19 heavy (non-hydrogen) atoms. The topological polar surface area (TPSA) is 30.2 Å². The van der Waals surface area contributed by atoms with E-state index in [0.717, 1.165) is 22.1 Å². The summed E-state index contributed by atoms with van der Waals surface area (Å²) in [6, 6.07) is 7.61. The van der Waals surface area contributed by atoms with E-state index in [1.165, 1.54) is 11.3 Å². The van der Waals surface area contributed by atoms with Crippen LogP contribution in [-0.4, -0.2) is 5.78 Å². The van der Waals surface area contributed by atoms with Crippen LogP contribution in [0.1, 0.15) is 26.6 Å². The van der Waals surface area contributed by atoms with Gasteiger partial charge in [0.15, 0.2) is 5.76 Å². The molecule has 0 spiro atoms. The standard InChI is InChI=1S/C15H11ClO2S/c1-8-3-4-11-10(5-8)6-12(18-11)14(17)15-13(16)9(2)7-19-15/h3-7H,1-2H3. The molecular weight excluding hydrogens is 280 g/mol. The summed E-state index contributed by atoms with van der Waals surface area (Å²) < 4.78 is 5.60. The number of aryl methyl sites for hydroxylation is 2. The molecule has 0 amide bonds. The number of thiophene rings is 1. The molecule has 0 aliphatic heterocycles. The van der Waals surface area contributed by atoms with Gasteiger partial charge in [0, 0.05) is 5.39 Å². The third-order valence-corrected chi connectivity index (χ3v) is 4.70. The molecule has 4 heteroatoms. The van der Waals surface area contributed by atoms with E-state index in [1.54, 1.807) is 6.07 Å². The summed E-state index contributed by atoms with van der Waals surface area (Å²) in [5.74, 6) is 0.182. The third kappa shape index (κ3) is 2.09. The van der Waals surface area contributed by atoms with Crippen LogP contribution in [0.15, 0.2) is 34.1 Å². The fourth-order valence-electron chi connectivity index (χ4n) is 1.97. The third-order valence-electron chi connectivity index (χ3n) is 3.00. The quantitative estimate of drug-likeness (QED) is 0.622. The number of carbonyl (C=O) groups excluding carboxylic acids is 1. The van der Waals surface area contributed by atoms with Gasteiger partial charge in [-0.1, -0.05) is 23.2 Å². The molecule has 3 aromatic rings. The molecule has 0 aliphatic rings. The highest BCUT2D eigenvalue weighted by Gasteiger charge is 2.20. The molecule has 0 bridgehead atoms. The van der Waals surface area contributed by atoms with Gasteiger partial charge in [-0.15, -0.1) is 11.3 Å². The summed E-state index contributed by atoms with van der Waals surface area (Å²) >= 11 is 7.48. The number of ketones is 1. The lowest BCUT2D eigenvalue weighted by Crippen LogP contribution is -1.96. The van der Waals surface area contributed by atoms with Crippen LogP contribution in [0.25, 0.3) is 11.0 Å². The SMILES string of the molecule is Cc1ccc2oc(C(=O)c3scc(C)c3Cl)cc2c1. The number of furan rings is 1. The van der Waals surface area contributed by atoms with E-state index in [1.807, 2.05) is 37.4 Å². The van der Waals surface area contributed by atoms with Crippen molar-refractivity contribution in [1.82, 2.24) is 0 Å². The molecular formula is C15H11ClO2S. The van der Waals surface area contributed by atoms with Crippen molar-refractivity contribution < 1.29 is 9.21 Å². The second-order valence-electron chi connectivity index (χ2n) is 4.54. The number of rotatable bonds is 2. The first-order chi connectivity index (χ1) is 9.06. The van der Waals surface area contributed by atoms with Crippen LogP contribution in [0.2, 0.25) is 5.02 Å². The Balaban J connectivity index is 2.09. The van der Waals surface area contributed by atoms with Gasteiger partial charge in [-0.2, -0.15) is 0 Å². The van der Waals surface area contributed by atoms with Crippen molar-refractivity contribution in [1.29, 1.82) is 0 Å². The van der Waals surface area contributed by atoms with Crippen LogP contribution in [0.3, 0.4) is 0 Å². The molecule has 2 nitrogen and oxygen atoms in total. The predicted molar refractivity (Wildman–Crippen MR) is 78.4 cm³/mol. The smallest absolute Gasteiger partial charge is 0.239 e. The summed E-state index contributed by atoms with van der Waals surface area (Å²) in [6.45, 7) is 3.89. The first-order valence-corrected chi connectivity index (χ1v) is 7.10. The second-order valence-corrected chi connectivity index (χ2v) is 5.80. The Morgan fingerprint density at radius 2 is 2.05 bits per heavy atom.